The smallest absolute Gasteiger partial charge is 0.240 e. The van der Waals surface area contributed by atoms with Crippen LogP contribution in [0.5, 0.6) is 5.75 Å². The Bertz CT molecular complexity index is 1410. The zero-order valence-electron chi connectivity index (χ0n) is 19.2. The van der Waals surface area contributed by atoms with Gasteiger partial charge in [-0.2, -0.15) is 5.10 Å². The van der Waals surface area contributed by atoms with Crippen molar-refractivity contribution in [2.24, 2.45) is 5.10 Å². The van der Waals surface area contributed by atoms with Crippen molar-refractivity contribution in [1.29, 1.82) is 0 Å². The van der Waals surface area contributed by atoms with Crippen LogP contribution in [-0.4, -0.2) is 18.0 Å². The van der Waals surface area contributed by atoms with Gasteiger partial charge in [0, 0.05) is 34.1 Å². The number of amides is 2. The van der Waals surface area contributed by atoms with Gasteiger partial charge in [-0.3, -0.25) is 9.59 Å². The van der Waals surface area contributed by atoms with E-state index in [9.17, 15) is 9.59 Å². The minimum absolute atomic E-state index is 0.0115. The van der Waals surface area contributed by atoms with Crippen molar-refractivity contribution in [3.63, 3.8) is 0 Å². The molecule has 0 radical (unpaired) electrons. The number of ether oxygens (including phenoxy) is 1. The van der Waals surface area contributed by atoms with Gasteiger partial charge in [0.1, 0.15) is 12.4 Å². The van der Waals surface area contributed by atoms with Crippen molar-refractivity contribution in [2.45, 2.75) is 19.4 Å². The van der Waals surface area contributed by atoms with Crippen molar-refractivity contribution in [3.8, 4) is 5.75 Å². The third kappa shape index (κ3) is 7.07. The molecule has 0 aliphatic heterocycles. The average molecular weight is 520 g/mol. The van der Waals surface area contributed by atoms with E-state index in [1.54, 1.807) is 30.5 Å². The van der Waals surface area contributed by atoms with Crippen molar-refractivity contribution >= 4 is 57.7 Å². The Morgan fingerprint density at radius 2 is 1.61 bits per heavy atom. The minimum atomic E-state index is -0.378. The molecule has 36 heavy (non-hydrogen) atoms. The van der Waals surface area contributed by atoms with Gasteiger partial charge >= 0.3 is 0 Å². The molecule has 0 heterocycles. The Labute approximate surface area is 218 Å². The normalized spacial score (nSPS) is 10.9. The first-order valence-electron chi connectivity index (χ1n) is 11.2. The maximum atomic E-state index is 12.3. The molecule has 4 aromatic carbocycles. The lowest BCUT2D eigenvalue weighted by Gasteiger charge is -2.12. The Kier molecular flexibility index (Phi) is 8.55. The van der Waals surface area contributed by atoms with E-state index in [0.717, 1.165) is 21.9 Å². The number of nitrogens with one attached hydrogen (secondary N) is 2. The highest BCUT2D eigenvalue weighted by molar-refractivity contribution is 6.31. The van der Waals surface area contributed by atoms with Crippen LogP contribution < -0.4 is 15.5 Å². The molecule has 0 saturated heterocycles. The summed E-state index contributed by atoms with van der Waals surface area (Å²) in [5.74, 6) is -0.0396. The Morgan fingerprint density at radius 1 is 0.833 bits per heavy atom. The highest BCUT2D eigenvalue weighted by atomic mass is 35.5. The molecule has 0 atom stereocenters. The summed E-state index contributed by atoms with van der Waals surface area (Å²) in [6, 6.07) is 25.9. The van der Waals surface area contributed by atoms with Crippen LogP contribution in [0.25, 0.3) is 10.8 Å². The zero-order valence-corrected chi connectivity index (χ0v) is 20.7. The molecule has 0 spiro atoms. The fraction of sp³-hybridized carbons (Fsp3) is 0.107. The predicted molar refractivity (Wildman–Crippen MR) is 145 cm³/mol. The Balaban J connectivity index is 1.39. The first-order valence-corrected chi connectivity index (χ1v) is 12.0. The zero-order chi connectivity index (χ0) is 25.3. The predicted octanol–water partition coefficient (Wildman–Crippen LogP) is 6.59. The van der Waals surface area contributed by atoms with Crippen LogP contribution in [0, 0.1) is 0 Å². The maximum Gasteiger partial charge on any atom is 0.240 e. The molecule has 2 N–H and O–H groups in total. The van der Waals surface area contributed by atoms with Gasteiger partial charge in [-0.1, -0.05) is 71.7 Å². The standard InChI is InChI=1S/C28H23Cl2N3O3/c29-21-11-8-19(9-12-21)18-36-26-13-10-20-4-1-2-7-24(20)25(26)17-31-33-28(35)15-14-27(34)32-23-6-3-5-22(30)16-23/h1-13,16-17H,14-15,18H2,(H,32,34)(H,33,35). The Hall–Kier alpha value is -3.87. The molecule has 0 aromatic heterocycles. The van der Waals surface area contributed by atoms with Gasteiger partial charge in [0.2, 0.25) is 11.8 Å². The quantitative estimate of drug-likeness (QED) is 0.193. The first kappa shape index (κ1) is 25.2. The lowest BCUT2D eigenvalue weighted by atomic mass is 10.0. The second kappa shape index (κ2) is 12.2. The third-order valence-electron chi connectivity index (χ3n) is 5.31. The number of carbonyl (C=O) groups excluding carboxylic acids is 2. The van der Waals surface area contributed by atoms with Crippen LogP contribution >= 0.6 is 23.2 Å². The number of hydrazone groups is 1. The van der Waals surface area contributed by atoms with E-state index in [0.29, 0.717) is 28.1 Å². The highest BCUT2D eigenvalue weighted by Gasteiger charge is 2.10. The molecule has 0 saturated carbocycles. The number of carbonyl (C=O) groups is 2. The minimum Gasteiger partial charge on any atom is -0.488 e. The summed E-state index contributed by atoms with van der Waals surface area (Å²) < 4.78 is 6.06. The van der Waals surface area contributed by atoms with Crippen molar-refractivity contribution in [3.05, 3.63) is 106 Å². The van der Waals surface area contributed by atoms with Crippen molar-refractivity contribution < 1.29 is 14.3 Å². The molecule has 0 aliphatic carbocycles. The molecule has 8 heteroatoms. The van der Waals surface area contributed by atoms with E-state index in [1.165, 1.54) is 0 Å². The summed E-state index contributed by atoms with van der Waals surface area (Å²) in [4.78, 5) is 24.4. The van der Waals surface area contributed by atoms with E-state index in [-0.39, 0.29) is 24.7 Å². The summed E-state index contributed by atoms with van der Waals surface area (Å²) >= 11 is 11.9. The number of nitrogens with zero attached hydrogens (tertiary/aromatic N) is 1. The maximum absolute atomic E-state index is 12.3. The molecule has 4 aromatic rings. The van der Waals surface area contributed by atoms with E-state index >= 15 is 0 Å². The highest BCUT2D eigenvalue weighted by Crippen LogP contribution is 2.27. The molecule has 0 aliphatic rings. The number of anilines is 1. The molecule has 4 rings (SSSR count). The fourth-order valence-corrected chi connectivity index (χ4v) is 3.83. The Morgan fingerprint density at radius 3 is 2.42 bits per heavy atom. The second-order valence-corrected chi connectivity index (χ2v) is 8.84. The summed E-state index contributed by atoms with van der Waals surface area (Å²) in [6.07, 6.45) is 1.56. The van der Waals surface area contributed by atoms with E-state index in [2.05, 4.69) is 15.8 Å². The fourth-order valence-electron chi connectivity index (χ4n) is 3.52. The van der Waals surface area contributed by atoms with Gasteiger partial charge in [-0.15, -0.1) is 0 Å². The second-order valence-electron chi connectivity index (χ2n) is 7.97. The molecular formula is C28H23Cl2N3O3. The number of rotatable bonds is 9. The molecule has 0 unspecified atom stereocenters. The van der Waals surface area contributed by atoms with Crippen molar-refractivity contribution in [2.75, 3.05) is 5.32 Å². The lowest BCUT2D eigenvalue weighted by Crippen LogP contribution is -2.20. The van der Waals surface area contributed by atoms with E-state index < -0.39 is 0 Å². The van der Waals surface area contributed by atoms with Gasteiger partial charge in [0.05, 0.1) is 6.21 Å². The number of hydrogen-bond acceptors (Lipinski definition) is 4. The van der Waals surface area contributed by atoms with Crippen LogP contribution in [-0.2, 0) is 16.2 Å². The summed E-state index contributed by atoms with van der Waals surface area (Å²) in [7, 11) is 0. The van der Waals surface area contributed by atoms with Crippen molar-refractivity contribution in [1.82, 2.24) is 5.43 Å². The number of benzene rings is 4. The van der Waals surface area contributed by atoms with Gasteiger partial charge in [-0.05, 0) is 52.7 Å². The molecule has 0 bridgehead atoms. The van der Waals surface area contributed by atoms with Crippen LogP contribution in [0.1, 0.15) is 24.0 Å². The summed E-state index contributed by atoms with van der Waals surface area (Å²) in [6.45, 7) is 0.352. The van der Waals surface area contributed by atoms with Gasteiger partial charge in [-0.25, -0.2) is 5.43 Å². The van der Waals surface area contributed by atoms with Crippen LogP contribution in [0.2, 0.25) is 10.0 Å². The van der Waals surface area contributed by atoms with Crippen LogP contribution in [0.15, 0.2) is 90.0 Å². The number of halogens is 2. The summed E-state index contributed by atoms with van der Waals surface area (Å²) in [5, 5.41) is 9.96. The topological polar surface area (TPSA) is 79.8 Å². The monoisotopic (exact) mass is 519 g/mol. The SMILES string of the molecule is O=C(CCC(=O)Nc1cccc(Cl)c1)NN=Cc1c(OCc2ccc(Cl)cc2)ccc2ccccc12. The van der Waals surface area contributed by atoms with Gasteiger partial charge < -0.3 is 10.1 Å². The third-order valence-corrected chi connectivity index (χ3v) is 5.80. The average Bonchev–Trinajstić information content (AvgIpc) is 2.88. The van der Waals surface area contributed by atoms with Crippen LogP contribution in [0.3, 0.4) is 0 Å². The molecule has 182 valence electrons. The molecule has 2 amide bonds. The van der Waals surface area contributed by atoms with Crippen LogP contribution in [0.4, 0.5) is 5.69 Å². The molecule has 0 fully saturated rings. The number of hydrogen-bond donors (Lipinski definition) is 2. The lowest BCUT2D eigenvalue weighted by molar-refractivity contribution is -0.124. The number of fused-ring (bicyclic) bond motifs is 1. The largest absolute Gasteiger partial charge is 0.488 e. The van der Waals surface area contributed by atoms with Gasteiger partial charge in [0.25, 0.3) is 0 Å². The van der Waals surface area contributed by atoms with E-state index in [1.807, 2.05) is 60.7 Å². The summed E-state index contributed by atoms with van der Waals surface area (Å²) in [5.41, 5.74) is 4.78. The van der Waals surface area contributed by atoms with Gasteiger partial charge in [0.15, 0.2) is 0 Å². The van der Waals surface area contributed by atoms with E-state index in [4.69, 9.17) is 27.9 Å². The first-order chi connectivity index (χ1) is 17.5. The molecule has 6 nitrogen and oxygen atoms in total. The molecular weight excluding hydrogens is 497 g/mol.